The van der Waals surface area contributed by atoms with Crippen molar-refractivity contribution in [3.8, 4) is 11.5 Å². The van der Waals surface area contributed by atoms with Crippen LogP contribution in [0.2, 0.25) is 0 Å². The third kappa shape index (κ3) is 4.03. The average Bonchev–Trinajstić information content (AvgIpc) is 2.82. The quantitative estimate of drug-likeness (QED) is 0.775. The molecule has 6 nitrogen and oxygen atoms in total. The van der Waals surface area contributed by atoms with Crippen LogP contribution in [-0.2, 0) is 18.3 Å². The van der Waals surface area contributed by atoms with E-state index in [-0.39, 0.29) is 5.91 Å². The van der Waals surface area contributed by atoms with E-state index in [0.717, 1.165) is 17.0 Å². The largest absolute Gasteiger partial charge is 0.457 e. The van der Waals surface area contributed by atoms with Crippen molar-refractivity contribution in [2.45, 2.75) is 20.3 Å². The molecular formula is C19H20N4O2. The van der Waals surface area contributed by atoms with E-state index < -0.39 is 0 Å². The SMILES string of the molecule is Cc1nn(C)c(C)c1CC(=O)Nc1cccc(Oc2ccncc2)c1. The number of amides is 1. The lowest BCUT2D eigenvalue weighted by Crippen LogP contribution is -2.15. The Hall–Kier alpha value is -3.15. The molecule has 3 rings (SSSR count). The fourth-order valence-corrected chi connectivity index (χ4v) is 2.62. The van der Waals surface area contributed by atoms with Crippen molar-refractivity contribution in [2.24, 2.45) is 7.05 Å². The van der Waals surface area contributed by atoms with E-state index in [4.69, 9.17) is 4.74 Å². The summed E-state index contributed by atoms with van der Waals surface area (Å²) in [6.45, 7) is 3.88. The summed E-state index contributed by atoms with van der Waals surface area (Å²) >= 11 is 0. The van der Waals surface area contributed by atoms with Gasteiger partial charge in [-0.1, -0.05) is 6.07 Å². The normalized spacial score (nSPS) is 10.5. The maximum Gasteiger partial charge on any atom is 0.228 e. The molecule has 0 bridgehead atoms. The maximum absolute atomic E-state index is 12.4. The Balaban J connectivity index is 1.68. The second kappa shape index (κ2) is 7.17. The molecule has 3 aromatic rings. The highest BCUT2D eigenvalue weighted by molar-refractivity contribution is 5.92. The van der Waals surface area contributed by atoms with Gasteiger partial charge in [0.2, 0.25) is 5.91 Å². The molecule has 1 N–H and O–H groups in total. The summed E-state index contributed by atoms with van der Waals surface area (Å²) in [4.78, 5) is 16.3. The molecule has 2 aromatic heterocycles. The lowest BCUT2D eigenvalue weighted by molar-refractivity contribution is -0.115. The Morgan fingerprint density at radius 3 is 2.60 bits per heavy atom. The van der Waals surface area contributed by atoms with Crippen molar-refractivity contribution in [3.63, 3.8) is 0 Å². The Morgan fingerprint density at radius 2 is 1.92 bits per heavy atom. The van der Waals surface area contributed by atoms with Gasteiger partial charge in [0.05, 0.1) is 12.1 Å². The first kappa shape index (κ1) is 16.7. The number of carbonyl (C=O) groups is 1. The summed E-state index contributed by atoms with van der Waals surface area (Å²) in [6, 6.07) is 10.9. The molecule has 6 heteroatoms. The number of ether oxygens (including phenoxy) is 1. The van der Waals surface area contributed by atoms with E-state index in [9.17, 15) is 4.79 Å². The standard InChI is InChI=1S/C19H20N4O2/c1-13-18(14(2)23(3)22-13)12-19(24)21-15-5-4-6-17(11-15)25-16-7-9-20-10-8-16/h4-11H,12H2,1-3H3,(H,21,24). The Bertz CT molecular complexity index is 888. The van der Waals surface area contributed by atoms with Crippen LogP contribution in [0.4, 0.5) is 5.69 Å². The number of rotatable bonds is 5. The lowest BCUT2D eigenvalue weighted by Gasteiger charge is -2.09. The van der Waals surface area contributed by atoms with E-state index in [1.165, 1.54) is 0 Å². The first-order valence-electron chi connectivity index (χ1n) is 8.00. The lowest BCUT2D eigenvalue weighted by atomic mass is 10.1. The van der Waals surface area contributed by atoms with Crippen molar-refractivity contribution in [3.05, 3.63) is 65.7 Å². The number of nitrogens with one attached hydrogen (secondary N) is 1. The highest BCUT2D eigenvalue weighted by Gasteiger charge is 2.13. The summed E-state index contributed by atoms with van der Waals surface area (Å²) in [5.74, 6) is 1.26. The van der Waals surface area contributed by atoms with E-state index in [1.54, 1.807) is 35.3 Å². The first-order valence-corrected chi connectivity index (χ1v) is 8.00. The van der Waals surface area contributed by atoms with Gasteiger partial charge in [-0.3, -0.25) is 14.5 Å². The molecule has 0 spiro atoms. The first-order chi connectivity index (χ1) is 12.0. The van der Waals surface area contributed by atoms with E-state index in [1.807, 2.05) is 39.1 Å². The van der Waals surface area contributed by atoms with Crippen molar-refractivity contribution in [2.75, 3.05) is 5.32 Å². The molecule has 1 amide bonds. The smallest absolute Gasteiger partial charge is 0.228 e. The van der Waals surface area contributed by atoms with Gasteiger partial charge in [-0.2, -0.15) is 5.10 Å². The molecule has 2 heterocycles. The molecule has 0 fully saturated rings. The molecule has 0 atom stereocenters. The molecule has 0 aliphatic carbocycles. The summed E-state index contributed by atoms with van der Waals surface area (Å²) in [5.41, 5.74) is 3.53. The molecule has 0 saturated heterocycles. The minimum absolute atomic E-state index is 0.0831. The number of benzene rings is 1. The van der Waals surface area contributed by atoms with Crippen LogP contribution in [0.15, 0.2) is 48.8 Å². The van der Waals surface area contributed by atoms with Gasteiger partial charge < -0.3 is 10.1 Å². The minimum atomic E-state index is -0.0831. The van der Waals surface area contributed by atoms with Crippen molar-refractivity contribution >= 4 is 11.6 Å². The van der Waals surface area contributed by atoms with Crippen LogP contribution in [0.1, 0.15) is 17.0 Å². The van der Waals surface area contributed by atoms with Crippen molar-refractivity contribution in [1.82, 2.24) is 14.8 Å². The molecular weight excluding hydrogens is 316 g/mol. The highest BCUT2D eigenvalue weighted by Crippen LogP contribution is 2.23. The summed E-state index contributed by atoms with van der Waals surface area (Å²) in [7, 11) is 1.88. The highest BCUT2D eigenvalue weighted by atomic mass is 16.5. The second-order valence-electron chi connectivity index (χ2n) is 5.81. The Kier molecular flexibility index (Phi) is 4.79. The summed E-state index contributed by atoms with van der Waals surface area (Å²) in [5, 5.41) is 7.26. The molecule has 1 aromatic carbocycles. The summed E-state index contributed by atoms with van der Waals surface area (Å²) in [6.07, 6.45) is 3.62. The minimum Gasteiger partial charge on any atom is -0.457 e. The Labute approximate surface area is 146 Å². The van der Waals surface area contributed by atoms with Crippen LogP contribution in [0.5, 0.6) is 11.5 Å². The number of hydrogen-bond donors (Lipinski definition) is 1. The Morgan fingerprint density at radius 1 is 1.16 bits per heavy atom. The zero-order chi connectivity index (χ0) is 17.8. The van der Waals surface area contributed by atoms with E-state index >= 15 is 0 Å². The van der Waals surface area contributed by atoms with Crippen LogP contribution in [0.25, 0.3) is 0 Å². The maximum atomic E-state index is 12.4. The number of hydrogen-bond acceptors (Lipinski definition) is 4. The van der Waals surface area contributed by atoms with Gasteiger partial charge in [0.25, 0.3) is 0 Å². The number of anilines is 1. The van der Waals surface area contributed by atoms with Gasteiger partial charge in [0, 0.05) is 42.5 Å². The number of pyridine rings is 1. The monoisotopic (exact) mass is 336 g/mol. The zero-order valence-corrected chi connectivity index (χ0v) is 14.5. The molecule has 128 valence electrons. The van der Waals surface area contributed by atoms with E-state index in [2.05, 4.69) is 15.4 Å². The van der Waals surface area contributed by atoms with Gasteiger partial charge in [-0.05, 0) is 38.1 Å². The van der Waals surface area contributed by atoms with Crippen LogP contribution in [0.3, 0.4) is 0 Å². The van der Waals surface area contributed by atoms with Gasteiger partial charge in [-0.15, -0.1) is 0 Å². The van der Waals surface area contributed by atoms with E-state index in [0.29, 0.717) is 23.6 Å². The number of carbonyl (C=O) groups excluding carboxylic acids is 1. The predicted molar refractivity (Wildman–Crippen MR) is 95.8 cm³/mol. The second-order valence-corrected chi connectivity index (χ2v) is 5.81. The van der Waals surface area contributed by atoms with Crippen LogP contribution in [0, 0.1) is 13.8 Å². The van der Waals surface area contributed by atoms with Gasteiger partial charge in [0.15, 0.2) is 0 Å². The number of aromatic nitrogens is 3. The predicted octanol–water partition coefficient (Wildman–Crippen LogP) is 3.41. The number of nitrogens with zero attached hydrogens (tertiary/aromatic N) is 3. The molecule has 25 heavy (non-hydrogen) atoms. The van der Waals surface area contributed by atoms with Crippen LogP contribution in [-0.4, -0.2) is 20.7 Å². The van der Waals surface area contributed by atoms with Gasteiger partial charge in [-0.25, -0.2) is 0 Å². The number of aryl methyl sites for hydroxylation is 2. The molecule has 0 radical (unpaired) electrons. The molecule has 0 unspecified atom stereocenters. The van der Waals surface area contributed by atoms with Crippen molar-refractivity contribution in [1.29, 1.82) is 0 Å². The fourth-order valence-electron chi connectivity index (χ4n) is 2.62. The molecule has 0 aliphatic heterocycles. The topological polar surface area (TPSA) is 69.0 Å². The summed E-state index contributed by atoms with van der Waals surface area (Å²) < 4.78 is 7.55. The van der Waals surface area contributed by atoms with Crippen LogP contribution < -0.4 is 10.1 Å². The third-order valence-electron chi connectivity index (χ3n) is 4.00. The zero-order valence-electron chi connectivity index (χ0n) is 14.5. The van der Waals surface area contributed by atoms with Gasteiger partial charge in [0.1, 0.15) is 11.5 Å². The average molecular weight is 336 g/mol. The van der Waals surface area contributed by atoms with Crippen LogP contribution >= 0.6 is 0 Å². The third-order valence-corrected chi connectivity index (χ3v) is 4.00. The molecule has 0 aliphatic rings. The molecule has 0 saturated carbocycles. The van der Waals surface area contributed by atoms with Gasteiger partial charge >= 0.3 is 0 Å². The fraction of sp³-hybridized carbons (Fsp3) is 0.211. The van der Waals surface area contributed by atoms with Crippen molar-refractivity contribution < 1.29 is 9.53 Å².